The van der Waals surface area contributed by atoms with Gasteiger partial charge in [-0.3, -0.25) is 0 Å². The van der Waals surface area contributed by atoms with Gasteiger partial charge in [0.15, 0.2) is 0 Å². The Hall–Kier alpha value is -2.46. The first-order valence-corrected chi connectivity index (χ1v) is 10.6. The van der Waals surface area contributed by atoms with Crippen LogP contribution in [0.1, 0.15) is 50.0 Å². The fourth-order valence-electron chi connectivity index (χ4n) is 5.26. The maximum absolute atomic E-state index is 10.7. The second-order valence-electron chi connectivity index (χ2n) is 8.33. The second kappa shape index (κ2) is 7.51. The largest absolute Gasteiger partial charge is 0.316 e. The third-order valence-corrected chi connectivity index (χ3v) is 6.79. The highest BCUT2D eigenvalue weighted by atomic mass is 16.3. The van der Waals surface area contributed by atoms with Gasteiger partial charge >= 0.3 is 0 Å². The Kier molecular flexibility index (Phi) is 4.73. The number of rotatable bonds is 4. The van der Waals surface area contributed by atoms with Crippen molar-refractivity contribution in [1.82, 2.24) is 9.47 Å². The lowest BCUT2D eigenvalue weighted by Gasteiger charge is -2.36. The molecule has 0 amide bonds. The number of para-hydroxylation sites is 1. The predicted molar refractivity (Wildman–Crippen MR) is 115 cm³/mol. The van der Waals surface area contributed by atoms with Crippen LogP contribution in [0.3, 0.4) is 0 Å². The van der Waals surface area contributed by atoms with Gasteiger partial charge in [-0.25, -0.2) is 0 Å². The molecule has 28 heavy (non-hydrogen) atoms. The van der Waals surface area contributed by atoms with Crippen LogP contribution in [0.15, 0.2) is 59.9 Å². The molecule has 0 unspecified atom stereocenters. The highest BCUT2D eigenvalue weighted by Crippen LogP contribution is 2.37. The van der Waals surface area contributed by atoms with Crippen LogP contribution in [0, 0.1) is 4.91 Å². The van der Waals surface area contributed by atoms with Crippen LogP contribution in [0.2, 0.25) is 0 Å². The van der Waals surface area contributed by atoms with Gasteiger partial charge in [0, 0.05) is 23.3 Å². The lowest BCUT2D eigenvalue weighted by atomic mass is 9.88. The molecule has 1 saturated carbocycles. The standard InChI is InChI=1S/C24H27N3O/c28-25-19-9-11-21(12-10-19)27-17-23(22-7-3-4-8-24(22)27)18-13-15-26(16-14-18)20-5-1-2-6-20/h3-4,7-12,17-18,20H,1-2,5-6,13-16H2. The van der Waals surface area contributed by atoms with Gasteiger partial charge < -0.3 is 9.47 Å². The molecule has 1 aliphatic carbocycles. The van der Waals surface area contributed by atoms with E-state index in [0.29, 0.717) is 11.6 Å². The van der Waals surface area contributed by atoms with Gasteiger partial charge in [-0.2, -0.15) is 0 Å². The molecule has 0 radical (unpaired) electrons. The number of hydrogen-bond donors (Lipinski definition) is 0. The molecule has 4 nitrogen and oxygen atoms in total. The number of nitroso groups, excluding NO2 is 1. The summed E-state index contributed by atoms with van der Waals surface area (Å²) in [7, 11) is 0. The van der Waals surface area contributed by atoms with Crippen molar-refractivity contribution < 1.29 is 0 Å². The Morgan fingerprint density at radius 3 is 2.29 bits per heavy atom. The molecule has 2 fully saturated rings. The molecule has 1 aliphatic heterocycles. The van der Waals surface area contributed by atoms with E-state index in [0.717, 1.165) is 11.7 Å². The molecule has 0 spiro atoms. The summed E-state index contributed by atoms with van der Waals surface area (Å²) in [6.45, 7) is 2.46. The Morgan fingerprint density at radius 2 is 1.57 bits per heavy atom. The van der Waals surface area contributed by atoms with E-state index in [1.165, 1.54) is 68.1 Å². The smallest absolute Gasteiger partial charge is 0.108 e. The van der Waals surface area contributed by atoms with Crippen molar-refractivity contribution >= 4 is 16.6 Å². The minimum atomic E-state index is 0.472. The van der Waals surface area contributed by atoms with Crippen molar-refractivity contribution in [2.45, 2.75) is 50.5 Å². The van der Waals surface area contributed by atoms with Gasteiger partial charge in [-0.05, 0) is 85.8 Å². The summed E-state index contributed by atoms with van der Waals surface area (Å²) in [5, 5.41) is 4.38. The Balaban J connectivity index is 1.44. The average molecular weight is 374 g/mol. The van der Waals surface area contributed by atoms with Crippen molar-refractivity contribution in [2.24, 2.45) is 5.18 Å². The lowest BCUT2D eigenvalue weighted by Crippen LogP contribution is -2.39. The second-order valence-corrected chi connectivity index (χ2v) is 8.33. The first-order valence-electron chi connectivity index (χ1n) is 10.6. The summed E-state index contributed by atoms with van der Waals surface area (Å²) < 4.78 is 2.27. The maximum Gasteiger partial charge on any atom is 0.108 e. The third-order valence-electron chi connectivity index (χ3n) is 6.79. The summed E-state index contributed by atoms with van der Waals surface area (Å²) in [6, 6.07) is 17.1. The zero-order valence-corrected chi connectivity index (χ0v) is 16.3. The van der Waals surface area contributed by atoms with E-state index in [-0.39, 0.29) is 0 Å². The van der Waals surface area contributed by atoms with Crippen molar-refractivity contribution in [1.29, 1.82) is 0 Å². The van der Waals surface area contributed by atoms with Crippen molar-refractivity contribution in [3.63, 3.8) is 0 Å². The van der Waals surface area contributed by atoms with E-state index >= 15 is 0 Å². The third kappa shape index (κ3) is 3.16. The molecule has 4 heteroatoms. The summed E-state index contributed by atoms with van der Waals surface area (Å²) >= 11 is 0. The van der Waals surface area contributed by atoms with E-state index < -0.39 is 0 Å². The van der Waals surface area contributed by atoms with E-state index in [4.69, 9.17) is 0 Å². The van der Waals surface area contributed by atoms with Gasteiger partial charge in [-0.1, -0.05) is 31.0 Å². The molecule has 1 saturated heterocycles. The number of hydrogen-bond acceptors (Lipinski definition) is 3. The number of aromatic nitrogens is 1. The molecule has 0 atom stereocenters. The van der Waals surface area contributed by atoms with Crippen LogP contribution in [0.25, 0.3) is 16.6 Å². The number of fused-ring (bicyclic) bond motifs is 1. The zero-order valence-electron chi connectivity index (χ0n) is 16.3. The molecule has 5 rings (SSSR count). The van der Waals surface area contributed by atoms with Crippen LogP contribution in [-0.2, 0) is 0 Å². The minimum absolute atomic E-state index is 0.472. The predicted octanol–water partition coefficient (Wildman–Crippen LogP) is 6.15. The van der Waals surface area contributed by atoms with E-state index in [1.807, 2.05) is 12.1 Å². The van der Waals surface area contributed by atoms with E-state index in [2.05, 4.69) is 45.1 Å². The lowest BCUT2D eigenvalue weighted by molar-refractivity contribution is 0.154. The fraction of sp³-hybridized carbons (Fsp3) is 0.417. The average Bonchev–Trinajstić information content (AvgIpc) is 3.43. The van der Waals surface area contributed by atoms with Crippen molar-refractivity contribution in [3.05, 3.63) is 65.2 Å². The van der Waals surface area contributed by atoms with Gasteiger partial charge in [0.2, 0.25) is 0 Å². The first-order chi connectivity index (χ1) is 13.8. The summed E-state index contributed by atoms with van der Waals surface area (Å²) in [5.74, 6) is 0.625. The number of likely N-dealkylation sites (tertiary alicyclic amines) is 1. The number of nitrogens with zero attached hydrogens (tertiary/aromatic N) is 3. The van der Waals surface area contributed by atoms with E-state index in [1.54, 1.807) is 12.1 Å². The zero-order chi connectivity index (χ0) is 18.9. The summed E-state index contributed by atoms with van der Waals surface area (Å²) in [4.78, 5) is 13.5. The van der Waals surface area contributed by atoms with Crippen LogP contribution < -0.4 is 0 Å². The summed E-state index contributed by atoms with van der Waals surface area (Å²) in [5.41, 5.74) is 4.26. The highest BCUT2D eigenvalue weighted by Gasteiger charge is 2.29. The molecule has 144 valence electrons. The number of piperidine rings is 1. The van der Waals surface area contributed by atoms with Crippen LogP contribution in [-0.4, -0.2) is 28.6 Å². The normalized spacial score (nSPS) is 19.4. The minimum Gasteiger partial charge on any atom is -0.316 e. The highest BCUT2D eigenvalue weighted by molar-refractivity contribution is 5.86. The Bertz CT molecular complexity index is 961. The quantitative estimate of drug-likeness (QED) is 0.514. The molecule has 3 aromatic rings. The van der Waals surface area contributed by atoms with Gasteiger partial charge in [0.05, 0.1) is 5.52 Å². The SMILES string of the molecule is O=Nc1ccc(-n2cc(C3CCN(C4CCCC4)CC3)c3ccccc32)cc1. The molecule has 0 bridgehead atoms. The van der Waals surface area contributed by atoms with Crippen LogP contribution >= 0.6 is 0 Å². The maximum atomic E-state index is 10.7. The molecule has 1 aromatic heterocycles. The first kappa shape index (κ1) is 17.6. The number of benzene rings is 2. The van der Waals surface area contributed by atoms with E-state index in [9.17, 15) is 4.91 Å². The van der Waals surface area contributed by atoms with Crippen molar-refractivity contribution in [3.8, 4) is 5.69 Å². The van der Waals surface area contributed by atoms with Gasteiger partial charge in [0.1, 0.15) is 5.69 Å². The molecule has 2 aromatic carbocycles. The molecular weight excluding hydrogens is 346 g/mol. The Morgan fingerprint density at radius 1 is 0.857 bits per heavy atom. The van der Waals surface area contributed by atoms with Crippen LogP contribution in [0.5, 0.6) is 0 Å². The van der Waals surface area contributed by atoms with Crippen LogP contribution in [0.4, 0.5) is 5.69 Å². The van der Waals surface area contributed by atoms with Gasteiger partial charge in [0.25, 0.3) is 0 Å². The van der Waals surface area contributed by atoms with Crippen molar-refractivity contribution in [2.75, 3.05) is 13.1 Å². The Labute approximate surface area is 166 Å². The topological polar surface area (TPSA) is 37.6 Å². The monoisotopic (exact) mass is 373 g/mol. The fourth-order valence-corrected chi connectivity index (χ4v) is 5.26. The molecule has 2 aliphatic rings. The molecular formula is C24H27N3O. The van der Waals surface area contributed by atoms with Gasteiger partial charge in [-0.15, -0.1) is 4.91 Å². The summed E-state index contributed by atoms with van der Waals surface area (Å²) in [6.07, 6.45) is 10.4. The molecule has 0 N–H and O–H groups in total. The molecule has 2 heterocycles.